The van der Waals surface area contributed by atoms with E-state index in [1.165, 1.54) is 0 Å². The molecule has 3 N–H and O–H groups in total. The average Bonchev–Trinajstić information content (AvgIpc) is 2.29. The van der Waals surface area contributed by atoms with Gasteiger partial charge in [-0.1, -0.05) is 35.3 Å². The van der Waals surface area contributed by atoms with Gasteiger partial charge in [-0.2, -0.15) is 0 Å². The van der Waals surface area contributed by atoms with Crippen LogP contribution in [0.4, 0.5) is 0 Å². The Morgan fingerprint density at radius 1 is 1.00 bits per heavy atom. The Labute approximate surface area is 130 Å². The van der Waals surface area contributed by atoms with Gasteiger partial charge in [-0.05, 0) is 11.6 Å². The number of aliphatic hydroxyl groups is 1. The number of halogens is 4. The van der Waals surface area contributed by atoms with Crippen LogP contribution in [0, 0.1) is 0 Å². The van der Waals surface area contributed by atoms with Gasteiger partial charge in [-0.3, -0.25) is 0 Å². The van der Waals surface area contributed by atoms with Gasteiger partial charge in [-0.15, -0.1) is 24.8 Å². The van der Waals surface area contributed by atoms with Crippen molar-refractivity contribution in [3.8, 4) is 0 Å². The standard InChI is InChI=1S/C11H16Cl2N2O.2ClH/c12-10-3-1-2-9(11(10)13)8-15-5-4-14-6-7-16;;/h1-3,14-16H,4-8H2;2*1H. The molecule has 0 atom stereocenters. The fourth-order valence-corrected chi connectivity index (χ4v) is 1.68. The normalized spacial score (nSPS) is 9.50. The molecule has 3 nitrogen and oxygen atoms in total. The monoisotopic (exact) mass is 334 g/mol. The maximum atomic E-state index is 8.55. The van der Waals surface area contributed by atoms with E-state index in [4.69, 9.17) is 28.3 Å². The minimum Gasteiger partial charge on any atom is -0.395 e. The van der Waals surface area contributed by atoms with E-state index in [0.717, 1.165) is 18.7 Å². The van der Waals surface area contributed by atoms with Crippen LogP contribution in [0.3, 0.4) is 0 Å². The molecule has 18 heavy (non-hydrogen) atoms. The Hall–Kier alpha value is 0.260. The topological polar surface area (TPSA) is 44.3 Å². The first kappa shape index (κ1) is 20.6. The summed E-state index contributed by atoms with van der Waals surface area (Å²) in [5.74, 6) is 0. The van der Waals surface area contributed by atoms with Crippen LogP contribution in [-0.2, 0) is 6.54 Å². The van der Waals surface area contributed by atoms with Gasteiger partial charge in [0.05, 0.1) is 16.7 Å². The minimum absolute atomic E-state index is 0. The van der Waals surface area contributed by atoms with E-state index in [1.807, 2.05) is 12.1 Å². The number of aliphatic hydroxyl groups excluding tert-OH is 1. The molecule has 0 aromatic heterocycles. The molecule has 0 saturated heterocycles. The summed E-state index contributed by atoms with van der Waals surface area (Å²) in [5.41, 5.74) is 0.997. The first-order valence-corrected chi connectivity index (χ1v) is 5.96. The van der Waals surface area contributed by atoms with Gasteiger partial charge in [0.1, 0.15) is 0 Å². The SMILES string of the molecule is Cl.Cl.OCCNCCNCc1cccc(Cl)c1Cl. The predicted molar refractivity (Wildman–Crippen MR) is 82.6 cm³/mol. The van der Waals surface area contributed by atoms with Crippen molar-refractivity contribution in [3.63, 3.8) is 0 Å². The van der Waals surface area contributed by atoms with Gasteiger partial charge >= 0.3 is 0 Å². The molecule has 0 bridgehead atoms. The van der Waals surface area contributed by atoms with E-state index in [-0.39, 0.29) is 31.4 Å². The smallest absolute Gasteiger partial charge is 0.0637 e. The third kappa shape index (κ3) is 7.64. The molecule has 1 rings (SSSR count). The van der Waals surface area contributed by atoms with E-state index >= 15 is 0 Å². The Balaban J connectivity index is 0. The fourth-order valence-electron chi connectivity index (χ4n) is 1.29. The van der Waals surface area contributed by atoms with Crippen LogP contribution in [0.15, 0.2) is 18.2 Å². The molecule has 0 fully saturated rings. The molecule has 1 aromatic rings. The Morgan fingerprint density at radius 2 is 1.67 bits per heavy atom. The van der Waals surface area contributed by atoms with Crippen molar-refractivity contribution in [2.45, 2.75) is 6.54 Å². The Kier molecular flexibility index (Phi) is 14.1. The molecular weight excluding hydrogens is 318 g/mol. The molecule has 0 heterocycles. The molecule has 106 valence electrons. The van der Waals surface area contributed by atoms with E-state index in [9.17, 15) is 0 Å². The minimum atomic E-state index is 0. The highest BCUT2D eigenvalue weighted by atomic mass is 35.5. The van der Waals surface area contributed by atoms with Crippen LogP contribution in [0.25, 0.3) is 0 Å². The second-order valence-electron chi connectivity index (χ2n) is 3.36. The van der Waals surface area contributed by atoms with Crippen molar-refractivity contribution in [2.75, 3.05) is 26.2 Å². The third-order valence-corrected chi connectivity index (χ3v) is 2.97. The van der Waals surface area contributed by atoms with Gasteiger partial charge < -0.3 is 15.7 Å². The van der Waals surface area contributed by atoms with Gasteiger partial charge in [0.2, 0.25) is 0 Å². The van der Waals surface area contributed by atoms with Gasteiger partial charge in [0.25, 0.3) is 0 Å². The van der Waals surface area contributed by atoms with Crippen molar-refractivity contribution in [1.82, 2.24) is 10.6 Å². The van der Waals surface area contributed by atoms with E-state index in [0.29, 0.717) is 23.1 Å². The van der Waals surface area contributed by atoms with Crippen LogP contribution in [0.1, 0.15) is 5.56 Å². The Bertz CT molecular complexity index is 326. The largest absolute Gasteiger partial charge is 0.395 e. The van der Waals surface area contributed by atoms with Crippen LogP contribution in [-0.4, -0.2) is 31.3 Å². The van der Waals surface area contributed by atoms with E-state index < -0.39 is 0 Å². The number of hydrogen-bond donors (Lipinski definition) is 3. The number of benzene rings is 1. The molecule has 0 unspecified atom stereocenters. The summed E-state index contributed by atoms with van der Waals surface area (Å²) in [5, 5.41) is 16.1. The summed E-state index contributed by atoms with van der Waals surface area (Å²) in [7, 11) is 0. The molecule has 0 radical (unpaired) electrons. The molecular formula is C11H18Cl4N2O. The summed E-state index contributed by atoms with van der Waals surface area (Å²) >= 11 is 11.9. The summed E-state index contributed by atoms with van der Waals surface area (Å²) in [6.07, 6.45) is 0. The van der Waals surface area contributed by atoms with Crippen molar-refractivity contribution in [3.05, 3.63) is 33.8 Å². The van der Waals surface area contributed by atoms with Crippen molar-refractivity contribution >= 4 is 48.0 Å². The first-order chi connectivity index (χ1) is 7.75. The lowest BCUT2D eigenvalue weighted by atomic mass is 10.2. The van der Waals surface area contributed by atoms with Crippen LogP contribution in [0.2, 0.25) is 10.0 Å². The summed E-state index contributed by atoms with van der Waals surface area (Å²) in [4.78, 5) is 0. The van der Waals surface area contributed by atoms with Crippen LogP contribution < -0.4 is 10.6 Å². The zero-order valence-electron chi connectivity index (χ0n) is 9.79. The highest BCUT2D eigenvalue weighted by Crippen LogP contribution is 2.25. The van der Waals surface area contributed by atoms with Gasteiger partial charge in [-0.25, -0.2) is 0 Å². The number of nitrogens with one attached hydrogen (secondary N) is 2. The highest BCUT2D eigenvalue weighted by Gasteiger charge is 2.02. The van der Waals surface area contributed by atoms with Crippen molar-refractivity contribution < 1.29 is 5.11 Å². The predicted octanol–water partition coefficient (Wildman–Crippen LogP) is 2.51. The fraction of sp³-hybridized carbons (Fsp3) is 0.455. The molecule has 0 aliphatic rings. The van der Waals surface area contributed by atoms with Crippen LogP contribution >= 0.6 is 48.0 Å². The Morgan fingerprint density at radius 3 is 2.33 bits per heavy atom. The summed E-state index contributed by atoms with van der Waals surface area (Å²) in [6, 6.07) is 5.60. The second-order valence-corrected chi connectivity index (χ2v) is 4.15. The maximum Gasteiger partial charge on any atom is 0.0637 e. The zero-order chi connectivity index (χ0) is 11.8. The number of hydrogen-bond acceptors (Lipinski definition) is 3. The van der Waals surface area contributed by atoms with E-state index in [1.54, 1.807) is 6.07 Å². The molecule has 0 spiro atoms. The average molecular weight is 336 g/mol. The van der Waals surface area contributed by atoms with Gasteiger partial charge in [0.15, 0.2) is 0 Å². The lowest BCUT2D eigenvalue weighted by Gasteiger charge is -2.08. The molecule has 0 saturated carbocycles. The molecule has 0 amide bonds. The molecule has 1 aromatic carbocycles. The lowest BCUT2D eigenvalue weighted by Crippen LogP contribution is -2.28. The number of rotatable bonds is 7. The van der Waals surface area contributed by atoms with Crippen molar-refractivity contribution in [2.24, 2.45) is 0 Å². The quantitative estimate of drug-likeness (QED) is 0.671. The molecule has 0 aliphatic carbocycles. The zero-order valence-corrected chi connectivity index (χ0v) is 12.9. The third-order valence-electron chi connectivity index (χ3n) is 2.11. The van der Waals surface area contributed by atoms with Gasteiger partial charge in [0, 0.05) is 26.2 Å². The summed E-state index contributed by atoms with van der Waals surface area (Å²) in [6.45, 7) is 3.13. The lowest BCUT2D eigenvalue weighted by molar-refractivity contribution is 0.292. The second kappa shape index (κ2) is 12.3. The van der Waals surface area contributed by atoms with Crippen molar-refractivity contribution in [1.29, 1.82) is 0 Å². The van der Waals surface area contributed by atoms with Crippen LogP contribution in [0.5, 0.6) is 0 Å². The highest BCUT2D eigenvalue weighted by molar-refractivity contribution is 6.42. The maximum absolute atomic E-state index is 8.55. The molecule has 7 heteroatoms. The molecule has 0 aliphatic heterocycles. The first-order valence-electron chi connectivity index (χ1n) is 5.21. The van der Waals surface area contributed by atoms with E-state index in [2.05, 4.69) is 10.6 Å². The summed E-state index contributed by atoms with van der Waals surface area (Å²) < 4.78 is 0.